The molecule has 0 aliphatic rings. The Labute approximate surface area is 181 Å². The molecule has 2 rings (SSSR count). The van der Waals surface area contributed by atoms with E-state index >= 15 is 0 Å². The van der Waals surface area contributed by atoms with Gasteiger partial charge in [-0.2, -0.15) is 0 Å². The van der Waals surface area contributed by atoms with E-state index in [1.807, 2.05) is 32.0 Å². The second-order valence-corrected chi connectivity index (χ2v) is 7.61. The smallest absolute Gasteiger partial charge is 0.261 e. The fourth-order valence-electron chi connectivity index (χ4n) is 2.77. The van der Waals surface area contributed by atoms with Crippen molar-refractivity contribution < 1.29 is 14.3 Å². The van der Waals surface area contributed by atoms with Crippen molar-refractivity contribution >= 4 is 35.0 Å². The quantitative estimate of drug-likeness (QED) is 0.623. The van der Waals surface area contributed by atoms with E-state index in [-0.39, 0.29) is 25.0 Å². The number of hydrogen-bond donors (Lipinski definition) is 1. The molecule has 5 nitrogen and oxygen atoms in total. The highest BCUT2D eigenvalue weighted by atomic mass is 35.5. The first-order valence-corrected chi connectivity index (χ1v) is 10.3. The lowest BCUT2D eigenvalue weighted by Gasteiger charge is -2.29. The van der Waals surface area contributed by atoms with Gasteiger partial charge in [0.1, 0.15) is 11.8 Å². The molecule has 7 heteroatoms. The van der Waals surface area contributed by atoms with Gasteiger partial charge in [0.2, 0.25) is 5.91 Å². The minimum atomic E-state index is -0.706. The van der Waals surface area contributed by atoms with Crippen molar-refractivity contribution in [3.8, 4) is 5.75 Å². The van der Waals surface area contributed by atoms with Crippen molar-refractivity contribution in [2.75, 3.05) is 13.2 Å². The first-order valence-electron chi connectivity index (χ1n) is 9.53. The van der Waals surface area contributed by atoms with Gasteiger partial charge < -0.3 is 15.0 Å². The van der Waals surface area contributed by atoms with Crippen molar-refractivity contribution in [2.24, 2.45) is 0 Å². The maximum absolute atomic E-state index is 13.0. The number of carbonyl (C=O) groups excluding carboxylic acids is 2. The number of hydrogen-bond acceptors (Lipinski definition) is 3. The predicted octanol–water partition coefficient (Wildman–Crippen LogP) is 4.62. The summed E-state index contributed by atoms with van der Waals surface area (Å²) in [6, 6.07) is 11.9. The third kappa shape index (κ3) is 6.65. The van der Waals surface area contributed by atoms with Crippen LogP contribution >= 0.6 is 23.2 Å². The van der Waals surface area contributed by atoms with Crippen LogP contribution in [0.15, 0.2) is 42.5 Å². The van der Waals surface area contributed by atoms with Crippen LogP contribution in [-0.2, 0) is 16.1 Å². The fraction of sp³-hybridized carbons (Fsp3) is 0.364. The summed E-state index contributed by atoms with van der Waals surface area (Å²) in [7, 11) is 0. The van der Waals surface area contributed by atoms with Crippen LogP contribution in [0.3, 0.4) is 0 Å². The Morgan fingerprint density at radius 3 is 2.41 bits per heavy atom. The summed E-state index contributed by atoms with van der Waals surface area (Å²) in [6.45, 7) is 6.04. The number of rotatable bonds is 9. The highest BCUT2D eigenvalue weighted by Gasteiger charge is 2.27. The number of amides is 2. The summed E-state index contributed by atoms with van der Waals surface area (Å²) in [4.78, 5) is 26.9. The van der Waals surface area contributed by atoms with Crippen LogP contribution < -0.4 is 10.1 Å². The monoisotopic (exact) mass is 436 g/mol. The lowest BCUT2D eigenvalue weighted by Crippen LogP contribution is -2.49. The Hall–Kier alpha value is -2.24. The second kappa shape index (κ2) is 11.1. The molecule has 0 unspecified atom stereocenters. The minimum Gasteiger partial charge on any atom is -0.484 e. The van der Waals surface area contributed by atoms with Crippen LogP contribution in [-0.4, -0.2) is 35.9 Å². The molecule has 0 aliphatic carbocycles. The number of aryl methyl sites for hydroxylation is 1. The Balaban J connectivity index is 2.20. The van der Waals surface area contributed by atoms with Gasteiger partial charge in [-0.05, 0) is 50.1 Å². The second-order valence-electron chi connectivity index (χ2n) is 6.79. The fourth-order valence-corrected chi connectivity index (χ4v) is 3.28. The van der Waals surface area contributed by atoms with Crippen LogP contribution in [0, 0.1) is 6.92 Å². The molecule has 156 valence electrons. The van der Waals surface area contributed by atoms with Crippen LogP contribution in [0.1, 0.15) is 31.4 Å². The van der Waals surface area contributed by atoms with Gasteiger partial charge >= 0.3 is 0 Å². The largest absolute Gasteiger partial charge is 0.484 e. The number of nitrogens with zero attached hydrogens (tertiary/aromatic N) is 1. The van der Waals surface area contributed by atoms with E-state index in [4.69, 9.17) is 27.9 Å². The lowest BCUT2D eigenvalue weighted by molar-refractivity contribution is -0.142. The average Bonchev–Trinajstić information content (AvgIpc) is 2.69. The Morgan fingerprint density at radius 1 is 1.14 bits per heavy atom. The van der Waals surface area contributed by atoms with E-state index in [0.29, 0.717) is 27.9 Å². The first-order chi connectivity index (χ1) is 13.8. The van der Waals surface area contributed by atoms with E-state index in [9.17, 15) is 9.59 Å². The van der Waals surface area contributed by atoms with E-state index in [1.54, 1.807) is 31.2 Å². The van der Waals surface area contributed by atoms with E-state index < -0.39 is 6.04 Å². The van der Waals surface area contributed by atoms with Gasteiger partial charge in [0, 0.05) is 28.7 Å². The predicted molar refractivity (Wildman–Crippen MR) is 116 cm³/mol. The molecule has 2 aromatic carbocycles. The van der Waals surface area contributed by atoms with Crippen molar-refractivity contribution in [3.63, 3.8) is 0 Å². The van der Waals surface area contributed by atoms with Crippen molar-refractivity contribution in [1.82, 2.24) is 10.2 Å². The standard InChI is InChI=1S/C22H26Cl2N2O3/c1-4-11-25-22(28)16(3)26(13-18-19(23)9-6-10-20(18)24)21(27)14-29-17-8-5-7-15(2)12-17/h5-10,12,16H,4,11,13-14H2,1-3H3,(H,25,28)/t16-/m1/s1. The first kappa shape index (κ1) is 23.0. The summed E-state index contributed by atoms with van der Waals surface area (Å²) in [5, 5.41) is 3.71. The third-order valence-corrected chi connectivity index (χ3v) is 5.17. The molecule has 0 bridgehead atoms. The number of halogens is 2. The van der Waals surface area contributed by atoms with Gasteiger partial charge in [-0.15, -0.1) is 0 Å². The molecule has 0 fully saturated rings. The number of carbonyl (C=O) groups is 2. The molecule has 0 spiro atoms. The summed E-state index contributed by atoms with van der Waals surface area (Å²) in [5.74, 6) is 0.0257. The van der Waals surface area contributed by atoms with Crippen LogP contribution in [0.25, 0.3) is 0 Å². The summed E-state index contributed by atoms with van der Waals surface area (Å²) in [6.07, 6.45) is 0.805. The zero-order chi connectivity index (χ0) is 21.4. The molecule has 1 N–H and O–H groups in total. The Morgan fingerprint density at radius 2 is 1.79 bits per heavy atom. The third-order valence-electron chi connectivity index (χ3n) is 4.46. The summed E-state index contributed by atoms with van der Waals surface area (Å²) >= 11 is 12.6. The van der Waals surface area contributed by atoms with Gasteiger partial charge in [0.05, 0.1) is 0 Å². The molecule has 29 heavy (non-hydrogen) atoms. The van der Waals surface area contributed by atoms with Gasteiger partial charge in [0.15, 0.2) is 6.61 Å². The minimum absolute atomic E-state index is 0.106. The molecule has 2 amide bonds. The van der Waals surface area contributed by atoms with Gasteiger partial charge in [0.25, 0.3) is 5.91 Å². The molecule has 0 radical (unpaired) electrons. The normalized spacial score (nSPS) is 11.6. The maximum Gasteiger partial charge on any atom is 0.261 e. The van der Waals surface area contributed by atoms with E-state index in [0.717, 1.165) is 12.0 Å². The topological polar surface area (TPSA) is 58.6 Å². The molecule has 0 aromatic heterocycles. The molecule has 0 heterocycles. The number of nitrogens with one attached hydrogen (secondary N) is 1. The molecule has 0 saturated carbocycles. The van der Waals surface area contributed by atoms with E-state index in [2.05, 4.69) is 5.32 Å². The zero-order valence-electron chi connectivity index (χ0n) is 16.9. The molecule has 1 atom stereocenters. The van der Waals surface area contributed by atoms with Crippen molar-refractivity contribution in [3.05, 3.63) is 63.6 Å². The van der Waals surface area contributed by atoms with Crippen molar-refractivity contribution in [2.45, 2.75) is 39.8 Å². The highest BCUT2D eigenvalue weighted by Crippen LogP contribution is 2.26. The number of ether oxygens (including phenoxy) is 1. The molecule has 0 aliphatic heterocycles. The SMILES string of the molecule is CCCNC(=O)[C@@H](C)N(Cc1c(Cl)cccc1Cl)C(=O)COc1cccc(C)c1. The van der Waals surface area contributed by atoms with Crippen LogP contribution in [0.5, 0.6) is 5.75 Å². The molecule has 2 aromatic rings. The molecular weight excluding hydrogens is 411 g/mol. The van der Waals surface area contributed by atoms with Crippen LogP contribution in [0.2, 0.25) is 10.0 Å². The van der Waals surface area contributed by atoms with Gasteiger partial charge in [-0.1, -0.05) is 48.3 Å². The molecule has 0 saturated heterocycles. The van der Waals surface area contributed by atoms with Crippen LogP contribution in [0.4, 0.5) is 0 Å². The number of benzene rings is 2. The Kier molecular flexibility index (Phi) is 8.80. The zero-order valence-corrected chi connectivity index (χ0v) is 18.4. The molecular formula is C22H26Cl2N2O3. The average molecular weight is 437 g/mol. The lowest BCUT2D eigenvalue weighted by atomic mass is 10.1. The van der Waals surface area contributed by atoms with Gasteiger partial charge in [-0.25, -0.2) is 0 Å². The van der Waals surface area contributed by atoms with Crippen molar-refractivity contribution in [1.29, 1.82) is 0 Å². The van der Waals surface area contributed by atoms with E-state index in [1.165, 1.54) is 4.90 Å². The maximum atomic E-state index is 13.0. The summed E-state index contributed by atoms with van der Waals surface area (Å²) < 4.78 is 5.65. The van der Waals surface area contributed by atoms with Gasteiger partial charge in [-0.3, -0.25) is 9.59 Å². The Bertz CT molecular complexity index is 837. The summed E-state index contributed by atoms with van der Waals surface area (Å²) in [5.41, 5.74) is 1.62. The highest BCUT2D eigenvalue weighted by molar-refractivity contribution is 6.36.